The minimum Gasteiger partial charge on any atom is -0.394 e. The zero-order chi connectivity index (χ0) is 18.5. The molecule has 0 spiro atoms. The van der Waals surface area contributed by atoms with Gasteiger partial charge in [0.15, 0.2) is 23.6 Å². The van der Waals surface area contributed by atoms with Gasteiger partial charge in [0.05, 0.1) is 31.9 Å². The molecule has 4 heterocycles. The van der Waals surface area contributed by atoms with Gasteiger partial charge in [-0.05, 0) is 5.56 Å². The number of fused-ring (bicyclic) bond motifs is 3. The molecule has 3 N–H and O–H groups in total. The Labute approximate surface area is 154 Å². The predicted molar refractivity (Wildman–Crippen MR) is 95.8 cm³/mol. The van der Waals surface area contributed by atoms with E-state index in [-0.39, 0.29) is 12.6 Å². The Kier molecular flexibility index (Phi) is 3.83. The van der Waals surface area contributed by atoms with Crippen molar-refractivity contribution in [3.8, 4) is 0 Å². The molecule has 1 saturated heterocycles. The number of imidazole rings is 1. The first-order chi connectivity index (χ1) is 13.2. The Hall–Kier alpha value is -2.59. The summed E-state index contributed by atoms with van der Waals surface area (Å²) in [6.07, 6.45) is -0.861. The summed E-state index contributed by atoms with van der Waals surface area (Å²) >= 11 is 0. The third-order valence-electron chi connectivity index (χ3n) is 5.19. The van der Waals surface area contributed by atoms with Crippen molar-refractivity contribution >= 4 is 18.0 Å². The van der Waals surface area contributed by atoms with Crippen LogP contribution in [-0.2, 0) is 4.74 Å². The quantitative estimate of drug-likeness (QED) is 0.700. The molecule has 0 saturated carbocycles. The number of rotatable bonds is 3. The van der Waals surface area contributed by atoms with Gasteiger partial charge in [0.1, 0.15) is 18.3 Å². The van der Waals surface area contributed by atoms with E-state index < -0.39 is 24.5 Å². The Morgan fingerprint density at radius 3 is 2.70 bits per heavy atom. The second kappa shape index (κ2) is 6.24. The molecule has 5 rings (SSSR count). The van der Waals surface area contributed by atoms with Crippen molar-refractivity contribution in [1.29, 1.82) is 0 Å². The van der Waals surface area contributed by atoms with Gasteiger partial charge in [-0.1, -0.05) is 30.3 Å². The maximum Gasteiger partial charge on any atom is 0.167 e. The van der Waals surface area contributed by atoms with Crippen LogP contribution in [0.25, 0.3) is 0 Å². The number of aliphatic hydroxyl groups excluding tert-OH is 3. The average Bonchev–Trinajstić information content (AvgIpc) is 3.38. The highest BCUT2D eigenvalue weighted by Gasteiger charge is 2.45. The van der Waals surface area contributed by atoms with Crippen molar-refractivity contribution in [1.82, 2.24) is 14.5 Å². The number of hydrogen-bond donors (Lipinski definition) is 3. The predicted octanol–water partition coefficient (Wildman–Crippen LogP) is -0.0285. The Bertz CT molecular complexity index is 912. The maximum atomic E-state index is 10.3. The van der Waals surface area contributed by atoms with Crippen LogP contribution in [0, 0.1) is 0 Å². The van der Waals surface area contributed by atoms with Crippen molar-refractivity contribution in [2.45, 2.75) is 30.6 Å². The zero-order valence-corrected chi connectivity index (χ0v) is 14.3. The summed E-state index contributed by atoms with van der Waals surface area (Å²) in [4.78, 5) is 15.7. The van der Waals surface area contributed by atoms with E-state index in [0.717, 1.165) is 11.4 Å². The van der Waals surface area contributed by atoms with Crippen molar-refractivity contribution in [2.75, 3.05) is 13.2 Å². The lowest BCUT2D eigenvalue weighted by Gasteiger charge is -2.21. The third-order valence-corrected chi connectivity index (χ3v) is 5.19. The van der Waals surface area contributed by atoms with Crippen molar-refractivity contribution < 1.29 is 20.1 Å². The fourth-order valence-corrected chi connectivity index (χ4v) is 3.75. The van der Waals surface area contributed by atoms with Crippen LogP contribution in [-0.4, -0.2) is 73.4 Å². The van der Waals surface area contributed by atoms with Gasteiger partial charge in [-0.2, -0.15) is 0 Å². The molecule has 0 amide bonds. The van der Waals surface area contributed by atoms with E-state index in [2.05, 4.69) is 9.98 Å². The minimum atomic E-state index is -1.18. The smallest absolute Gasteiger partial charge is 0.167 e. The molecule has 5 atom stereocenters. The summed E-state index contributed by atoms with van der Waals surface area (Å²) in [5.74, 6) is 1.23. The molecule has 1 aromatic heterocycles. The topological polar surface area (TPSA) is 116 Å². The largest absolute Gasteiger partial charge is 0.394 e. The van der Waals surface area contributed by atoms with Gasteiger partial charge >= 0.3 is 0 Å². The normalized spacial score (nSPS) is 31.7. The average molecular weight is 369 g/mol. The molecule has 9 nitrogen and oxygen atoms in total. The monoisotopic (exact) mass is 369 g/mol. The molecule has 0 bridgehead atoms. The van der Waals surface area contributed by atoms with Gasteiger partial charge in [0.25, 0.3) is 0 Å². The summed E-state index contributed by atoms with van der Waals surface area (Å²) in [6, 6.07) is 10.0. The number of nitrogens with zero attached hydrogens (tertiary/aromatic N) is 5. The number of benzene rings is 1. The van der Waals surface area contributed by atoms with E-state index >= 15 is 0 Å². The summed E-state index contributed by atoms with van der Waals surface area (Å²) in [6.45, 7) is 0.303. The first-order valence-corrected chi connectivity index (χ1v) is 8.80. The van der Waals surface area contributed by atoms with Gasteiger partial charge < -0.3 is 25.0 Å². The third kappa shape index (κ3) is 2.51. The highest BCUT2D eigenvalue weighted by atomic mass is 16.6. The van der Waals surface area contributed by atoms with Crippen LogP contribution in [0.4, 0.5) is 5.82 Å². The van der Waals surface area contributed by atoms with E-state index in [1.165, 1.54) is 6.33 Å². The van der Waals surface area contributed by atoms with E-state index in [9.17, 15) is 15.3 Å². The van der Waals surface area contributed by atoms with Crippen LogP contribution in [0.15, 0.2) is 46.6 Å². The molecule has 1 aromatic carbocycles. The number of hydrogen-bond acceptors (Lipinski definition) is 8. The molecule has 1 fully saturated rings. The van der Waals surface area contributed by atoms with Gasteiger partial charge in [-0.25, -0.2) is 9.98 Å². The summed E-state index contributed by atoms with van der Waals surface area (Å²) in [5.41, 5.74) is 1.73. The summed E-state index contributed by atoms with van der Waals surface area (Å²) in [5, 5.41) is 29.6. The van der Waals surface area contributed by atoms with Crippen LogP contribution in [0.3, 0.4) is 0 Å². The van der Waals surface area contributed by atoms with Crippen molar-refractivity contribution in [3.63, 3.8) is 0 Å². The highest BCUT2D eigenvalue weighted by molar-refractivity contribution is 6.09. The molecular formula is C18H19N5O4. The fourth-order valence-electron chi connectivity index (χ4n) is 3.75. The van der Waals surface area contributed by atoms with Crippen LogP contribution in [0.1, 0.15) is 23.5 Å². The number of aliphatic imine (C=N–C) groups is 2. The number of ether oxygens (including phenoxy) is 1. The van der Waals surface area contributed by atoms with E-state index in [4.69, 9.17) is 9.73 Å². The van der Waals surface area contributed by atoms with Gasteiger partial charge in [-0.3, -0.25) is 9.56 Å². The lowest BCUT2D eigenvalue weighted by atomic mass is 10.1. The first kappa shape index (κ1) is 16.6. The first-order valence-electron chi connectivity index (χ1n) is 8.80. The van der Waals surface area contributed by atoms with Crippen molar-refractivity contribution in [2.24, 2.45) is 9.98 Å². The second-order valence-electron chi connectivity index (χ2n) is 6.83. The maximum absolute atomic E-state index is 10.3. The Morgan fingerprint density at radius 1 is 1.15 bits per heavy atom. The summed E-state index contributed by atoms with van der Waals surface area (Å²) in [7, 11) is 0. The molecule has 0 radical (unpaired) electrons. The molecule has 3 aliphatic heterocycles. The van der Waals surface area contributed by atoms with Gasteiger partial charge in [0, 0.05) is 0 Å². The standard InChI is InChI=1S/C18H19N5O4/c24-7-12-14(25)15(26)18(27-12)23-9-19-13-16(23)20-8-22-6-11(21-17(13)22)10-4-2-1-3-5-10/h1-5,8-9,11-12,14-15,18,24-26H,6-7H2/t11-,12+,14+,15+,18?/m1/s1. The van der Waals surface area contributed by atoms with E-state index in [1.54, 1.807) is 10.9 Å². The molecule has 1 unspecified atom stereocenters. The molecule has 140 valence electrons. The lowest BCUT2D eigenvalue weighted by molar-refractivity contribution is -0.0519. The summed E-state index contributed by atoms with van der Waals surface area (Å²) < 4.78 is 7.17. The molecule has 27 heavy (non-hydrogen) atoms. The molecule has 0 aliphatic carbocycles. The second-order valence-corrected chi connectivity index (χ2v) is 6.83. The molecule has 3 aliphatic rings. The SMILES string of the molecule is OC[C@@H]1OC(n2cnc3c2N=CN2C[C@H](c4ccccc4)N=C32)[C@@H](O)[C@H]1O. The number of aromatic nitrogens is 2. The van der Waals surface area contributed by atoms with Gasteiger partial charge in [-0.15, -0.1) is 0 Å². The van der Waals surface area contributed by atoms with Crippen LogP contribution >= 0.6 is 0 Å². The van der Waals surface area contributed by atoms with E-state index in [0.29, 0.717) is 18.1 Å². The Balaban J connectivity index is 1.49. The number of aliphatic hydroxyl groups is 3. The Morgan fingerprint density at radius 2 is 1.96 bits per heavy atom. The van der Waals surface area contributed by atoms with Crippen LogP contribution < -0.4 is 0 Å². The van der Waals surface area contributed by atoms with Crippen LogP contribution in [0.2, 0.25) is 0 Å². The van der Waals surface area contributed by atoms with Gasteiger partial charge in [0.2, 0.25) is 0 Å². The fraction of sp³-hybridized carbons (Fsp3) is 0.389. The minimum absolute atomic E-state index is 0.00216. The highest BCUT2D eigenvalue weighted by Crippen LogP contribution is 2.37. The molecule has 2 aromatic rings. The molecular weight excluding hydrogens is 350 g/mol. The van der Waals surface area contributed by atoms with E-state index in [1.807, 2.05) is 35.2 Å². The molecule has 9 heteroatoms. The lowest BCUT2D eigenvalue weighted by Crippen LogP contribution is -2.33. The van der Waals surface area contributed by atoms with Crippen molar-refractivity contribution in [3.05, 3.63) is 47.9 Å². The number of amidine groups is 1. The van der Waals surface area contributed by atoms with Crippen LogP contribution in [0.5, 0.6) is 0 Å². The zero-order valence-electron chi connectivity index (χ0n) is 14.3.